The van der Waals surface area contributed by atoms with Gasteiger partial charge in [-0.2, -0.15) is 0 Å². The molecule has 5 heteroatoms. The predicted octanol–water partition coefficient (Wildman–Crippen LogP) is 2.36. The number of carbonyl (C=O) groups excluding carboxylic acids is 1. The van der Waals surface area contributed by atoms with Gasteiger partial charge in [0.05, 0.1) is 13.5 Å². The third kappa shape index (κ3) is 4.84. The number of hydrogen-bond donors (Lipinski definition) is 2. The van der Waals surface area contributed by atoms with Gasteiger partial charge < -0.3 is 15.2 Å². The van der Waals surface area contributed by atoms with Crippen LogP contribution in [0.1, 0.15) is 16.7 Å². The minimum Gasteiger partial charge on any atom is -0.496 e. The van der Waals surface area contributed by atoms with Crippen LogP contribution in [0.15, 0.2) is 48.5 Å². The van der Waals surface area contributed by atoms with E-state index in [1.165, 1.54) is 0 Å². The Kier molecular flexibility index (Phi) is 5.95. The van der Waals surface area contributed by atoms with E-state index in [9.17, 15) is 14.7 Å². The molecule has 1 atom stereocenters. The normalized spacial score (nSPS) is 11.6. The summed E-state index contributed by atoms with van der Waals surface area (Å²) in [6, 6.07) is 13.8. The van der Waals surface area contributed by atoms with Crippen molar-refractivity contribution in [3.63, 3.8) is 0 Å². The number of aliphatic carboxylic acids is 1. The van der Waals surface area contributed by atoms with Gasteiger partial charge in [-0.3, -0.25) is 4.79 Å². The quantitative estimate of drug-likeness (QED) is 0.818. The molecule has 0 aromatic heterocycles. The maximum atomic E-state index is 12.2. The number of rotatable bonds is 7. The Morgan fingerprint density at radius 3 is 2.46 bits per heavy atom. The van der Waals surface area contributed by atoms with Crippen molar-refractivity contribution >= 4 is 11.9 Å². The molecular weight excluding hydrogens is 306 g/mol. The molecule has 0 bridgehead atoms. The number of carboxylic acids is 1. The van der Waals surface area contributed by atoms with Crippen LogP contribution in [0.25, 0.3) is 0 Å². The number of benzene rings is 2. The lowest BCUT2D eigenvalue weighted by Gasteiger charge is -2.15. The summed E-state index contributed by atoms with van der Waals surface area (Å²) in [6.07, 6.45) is 0.355. The second-order valence-corrected chi connectivity index (χ2v) is 5.63. The number of ether oxygens (including phenoxy) is 1. The Hall–Kier alpha value is -2.82. The lowest BCUT2D eigenvalue weighted by atomic mass is 10.0. The fraction of sp³-hybridized carbons (Fsp3) is 0.263. The number of amides is 1. The first-order valence-corrected chi connectivity index (χ1v) is 7.69. The zero-order valence-electron chi connectivity index (χ0n) is 13.8. The molecule has 2 aromatic rings. The van der Waals surface area contributed by atoms with Crippen LogP contribution < -0.4 is 10.1 Å². The number of aryl methyl sites for hydroxylation is 1. The van der Waals surface area contributed by atoms with Crippen molar-refractivity contribution in [3.05, 3.63) is 65.2 Å². The van der Waals surface area contributed by atoms with E-state index in [2.05, 4.69) is 5.32 Å². The molecule has 1 unspecified atom stereocenters. The van der Waals surface area contributed by atoms with Gasteiger partial charge in [-0.1, -0.05) is 42.5 Å². The Bertz CT molecular complexity index is 713. The SMILES string of the molecule is COc1cc(CC(=O)NC(Cc2ccccc2)C(=O)O)ccc1C. The molecule has 0 heterocycles. The fourth-order valence-electron chi connectivity index (χ4n) is 2.46. The molecule has 0 saturated carbocycles. The summed E-state index contributed by atoms with van der Waals surface area (Å²) in [6.45, 7) is 1.92. The van der Waals surface area contributed by atoms with Crippen molar-refractivity contribution < 1.29 is 19.4 Å². The number of carbonyl (C=O) groups is 2. The molecule has 0 saturated heterocycles. The van der Waals surface area contributed by atoms with Gasteiger partial charge in [0.1, 0.15) is 11.8 Å². The summed E-state index contributed by atoms with van der Waals surface area (Å²) in [5.41, 5.74) is 2.62. The standard InChI is InChI=1S/C19H21NO4/c1-13-8-9-15(11-17(13)24-2)12-18(21)20-16(19(22)23)10-14-6-4-3-5-7-14/h3-9,11,16H,10,12H2,1-2H3,(H,20,21)(H,22,23). The molecule has 0 spiro atoms. The summed E-state index contributed by atoms with van der Waals surface area (Å²) in [5, 5.41) is 11.9. The molecule has 24 heavy (non-hydrogen) atoms. The van der Waals surface area contributed by atoms with Crippen molar-refractivity contribution in [2.45, 2.75) is 25.8 Å². The first-order chi connectivity index (χ1) is 11.5. The zero-order chi connectivity index (χ0) is 17.5. The number of methoxy groups -OCH3 is 1. The van der Waals surface area contributed by atoms with Crippen LogP contribution in [-0.4, -0.2) is 30.1 Å². The lowest BCUT2D eigenvalue weighted by Crippen LogP contribution is -2.43. The van der Waals surface area contributed by atoms with Crippen LogP contribution in [0.3, 0.4) is 0 Å². The monoisotopic (exact) mass is 327 g/mol. The second-order valence-electron chi connectivity index (χ2n) is 5.63. The van der Waals surface area contributed by atoms with Crippen molar-refractivity contribution in [2.75, 3.05) is 7.11 Å². The Labute approximate surface area is 141 Å². The highest BCUT2D eigenvalue weighted by molar-refractivity contribution is 5.85. The molecule has 0 aliphatic rings. The van der Waals surface area contributed by atoms with E-state index in [0.717, 1.165) is 16.7 Å². The van der Waals surface area contributed by atoms with Crippen LogP contribution in [0.4, 0.5) is 0 Å². The molecule has 1 amide bonds. The smallest absolute Gasteiger partial charge is 0.326 e. The van der Waals surface area contributed by atoms with Gasteiger partial charge in [-0.05, 0) is 29.7 Å². The Morgan fingerprint density at radius 1 is 1.12 bits per heavy atom. The average Bonchev–Trinajstić information content (AvgIpc) is 2.57. The number of carboxylic acid groups (broad SMARTS) is 1. The highest BCUT2D eigenvalue weighted by Gasteiger charge is 2.20. The number of hydrogen-bond acceptors (Lipinski definition) is 3. The largest absolute Gasteiger partial charge is 0.496 e. The van der Waals surface area contributed by atoms with E-state index < -0.39 is 12.0 Å². The van der Waals surface area contributed by atoms with Gasteiger partial charge in [-0.25, -0.2) is 4.79 Å². The molecule has 2 rings (SSSR count). The van der Waals surface area contributed by atoms with Crippen LogP contribution in [0.2, 0.25) is 0 Å². The minimum absolute atomic E-state index is 0.106. The van der Waals surface area contributed by atoms with E-state index >= 15 is 0 Å². The maximum absolute atomic E-state index is 12.2. The molecule has 2 N–H and O–H groups in total. The van der Waals surface area contributed by atoms with E-state index in [1.54, 1.807) is 13.2 Å². The van der Waals surface area contributed by atoms with Crippen molar-refractivity contribution in [1.29, 1.82) is 0 Å². The molecule has 2 aromatic carbocycles. The third-order valence-corrected chi connectivity index (χ3v) is 3.75. The van der Waals surface area contributed by atoms with Crippen LogP contribution in [-0.2, 0) is 22.4 Å². The maximum Gasteiger partial charge on any atom is 0.326 e. The van der Waals surface area contributed by atoms with Gasteiger partial charge in [-0.15, -0.1) is 0 Å². The van der Waals surface area contributed by atoms with E-state index in [4.69, 9.17) is 4.74 Å². The summed E-state index contributed by atoms with van der Waals surface area (Å²) >= 11 is 0. The third-order valence-electron chi connectivity index (χ3n) is 3.75. The van der Waals surface area contributed by atoms with Gasteiger partial charge in [0.2, 0.25) is 5.91 Å². The van der Waals surface area contributed by atoms with Gasteiger partial charge in [0.25, 0.3) is 0 Å². The summed E-state index contributed by atoms with van der Waals surface area (Å²) < 4.78 is 5.24. The summed E-state index contributed by atoms with van der Waals surface area (Å²) in [7, 11) is 1.58. The summed E-state index contributed by atoms with van der Waals surface area (Å²) in [4.78, 5) is 23.6. The Balaban J connectivity index is 2.01. The highest BCUT2D eigenvalue weighted by Crippen LogP contribution is 2.19. The minimum atomic E-state index is -1.05. The van der Waals surface area contributed by atoms with Crippen molar-refractivity contribution in [1.82, 2.24) is 5.32 Å². The first-order valence-electron chi connectivity index (χ1n) is 7.69. The lowest BCUT2D eigenvalue weighted by molar-refractivity contribution is -0.141. The van der Waals surface area contributed by atoms with Gasteiger partial charge in [0.15, 0.2) is 0 Å². The average molecular weight is 327 g/mol. The highest BCUT2D eigenvalue weighted by atomic mass is 16.5. The topological polar surface area (TPSA) is 75.6 Å². The van der Waals surface area contributed by atoms with E-state index in [-0.39, 0.29) is 18.7 Å². The van der Waals surface area contributed by atoms with Crippen LogP contribution in [0.5, 0.6) is 5.75 Å². The molecule has 5 nitrogen and oxygen atoms in total. The first kappa shape index (κ1) is 17.5. The fourth-order valence-corrected chi connectivity index (χ4v) is 2.46. The molecule has 126 valence electrons. The van der Waals surface area contributed by atoms with Gasteiger partial charge in [0, 0.05) is 6.42 Å². The number of nitrogens with one attached hydrogen (secondary N) is 1. The second kappa shape index (κ2) is 8.15. The van der Waals surface area contributed by atoms with E-state index in [1.807, 2.05) is 49.4 Å². The predicted molar refractivity (Wildman–Crippen MR) is 91.1 cm³/mol. The van der Waals surface area contributed by atoms with Crippen molar-refractivity contribution in [3.8, 4) is 5.75 Å². The zero-order valence-corrected chi connectivity index (χ0v) is 13.8. The molecule has 0 aliphatic heterocycles. The molecule has 0 radical (unpaired) electrons. The van der Waals surface area contributed by atoms with E-state index in [0.29, 0.717) is 5.75 Å². The van der Waals surface area contributed by atoms with Gasteiger partial charge >= 0.3 is 5.97 Å². The molecule has 0 aliphatic carbocycles. The Morgan fingerprint density at radius 2 is 1.83 bits per heavy atom. The van der Waals surface area contributed by atoms with Crippen molar-refractivity contribution in [2.24, 2.45) is 0 Å². The summed E-state index contributed by atoms with van der Waals surface area (Å²) in [5.74, 6) is -0.669. The van der Waals surface area contributed by atoms with Crippen LogP contribution >= 0.6 is 0 Å². The van der Waals surface area contributed by atoms with Crippen LogP contribution in [0, 0.1) is 6.92 Å². The molecular formula is C19H21NO4. The molecule has 0 fully saturated rings.